The summed E-state index contributed by atoms with van der Waals surface area (Å²) < 4.78 is 10.2. The van der Waals surface area contributed by atoms with Gasteiger partial charge in [-0.1, -0.05) is 13.8 Å². The maximum atomic E-state index is 12.3. The zero-order valence-corrected chi connectivity index (χ0v) is 16.0. The molecule has 28 heavy (non-hydrogen) atoms. The number of nitrogens with zero attached hydrogens (tertiary/aromatic N) is 1. The number of rotatable bonds is 5. The highest BCUT2D eigenvalue weighted by atomic mass is 16.5. The van der Waals surface area contributed by atoms with E-state index in [1.807, 2.05) is 0 Å². The summed E-state index contributed by atoms with van der Waals surface area (Å²) in [6, 6.07) is 9.44. The smallest absolute Gasteiger partial charge is 0.338 e. The summed E-state index contributed by atoms with van der Waals surface area (Å²) in [7, 11) is 0. The van der Waals surface area contributed by atoms with Gasteiger partial charge in [0.1, 0.15) is 0 Å². The Hall–Kier alpha value is -3.09. The number of anilines is 1. The standard InChI is InChI=1S/C21H24N2O5/c1-14-10-15(2)12-23(11-14)19(24)13-28-21(26)16-5-7-17(8-6-16)22-20(25)18-4-3-9-27-18/h3-9,14-15H,10-13H2,1-2H3,(H,22,25)/t14-,15-/m0/s1. The maximum Gasteiger partial charge on any atom is 0.338 e. The van der Waals surface area contributed by atoms with Gasteiger partial charge < -0.3 is 19.4 Å². The van der Waals surface area contributed by atoms with Gasteiger partial charge in [0, 0.05) is 18.8 Å². The highest BCUT2D eigenvalue weighted by Gasteiger charge is 2.26. The Morgan fingerprint density at radius 2 is 1.79 bits per heavy atom. The predicted molar refractivity (Wildman–Crippen MR) is 103 cm³/mol. The molecule has 1 aromatic carbocycles. The molecule has 0 spiro atoms. The van der Waals surface area contributed by atoms with Crippen molar-refractivity contribution < 1.29 is 23.5 Å². The highest BCUT2D eigenvalue weighted by Crippen LogP contribution is 2.21. The second-order valence-corrected chi connectivity index (χ2v) is 7.33. The monoisotopic (exact) mass is 384 g/mol. The van der Waals surface area contributed by atoms with E-state index in [0.29, 0.717) is 36.2 Å². The lowest BCUT2D eigenvalue weighted by Gasteiger charge is -2.34. The van der Waals surface area contributed by atoms with Crippen LogP contribution in [0, 0.1) is 11.8 Å². The summed E-state index contributed by atoms with van der Waals surface area (Å²) >= 11 is 0. The van der Waals surface area contributed by atoms with Crippen LogP contribution in [0.3, 0.4) is 0 Å². The van der Waals surface area contributed by atoms with Crippen molar-refractivity contribution in [2.75, 3.05) is 25.0 Å². The molecule has 1 fully saturated rings. The summed E-state index contributed by atoms with van der Waals surface area (Å²) in [5, 5.41) is 2.67. The second kappa shape index (κ2) is 8.73. The minimum atomic E-state index is -0.574. The number of ether oxygens (including phenoxy) is 1. The first-order chi connectivity index (χ1) is 13.4. The van der Waals surface area contributed by atoms with Crippen molar-refractivity contribution in [3.63, 3.8) is 0 Å². The Kier molecular flexibility index (Phi) is 6.13. The molecular formula is C21H24N2O5. The largest absolute Gasteiger partial charge is 0.459 e. The zero-order valence-electron chi connectivity index (χ0n) is 16.0. The first kappa shape index (κ1) is 19.7. The number of furan rings is 1. The lowest BCUT2D eigenvalue weighted by atomic mass is 9.92. The van der Waals surface area contributed by atoms with Crippen molar-refractivity contribution in [2.24, 2.45) is 11.8 Å². The van der Waals surface area contributed by atoms with Crippen LogP contribution >= 0.6 is 0 Å². The second-order valence-electron chi connectivity index (χ2n) is 7.33. The molecule has 0 unspecified atom stereocenters. The number of carbonyl (C=O) groups excluding carboxylic acids is 3. The van der Waals surface area contributed by atoms with Crippen LogP contribution < -0.4 is 5.32 Å². The van der Waals surface area contributed by atoms with Crippen molar-refractivity contribution in [2.45, 2.75) is 20.3 Å². The van der Waals surface area contributed by atoms with Crippen molar-refractivity contribution in [1.82, 2.24) is 4.90 Å². The number of likely N-dealkylation sites (tertiary alicyclic amines) is 1. The van der Waals surface area contributed by atoms with Crippen molar-refractivity contribution in [3.05, 3.63) is 54.0 Å². The average Bonchev–Trinajstić information content (AvgIpc) is 3.20. The van der Waals surface area contributed by atoms with Crippen LogP contribution in [0.2, 0.25) is 0 Å². The van der Waals surface area contributed by atoms with E-state index >= 15 is 0 Å². The fourth-order valence-electron chi connectivity index (χ4n) is 3.46. The van der Waals surface area contributed by atoms with Gasteiger partial charge in [-0.05, 0) is 54.7 Å². The van der Waals surface area contributed by atoms with Gasteiger partial charge in [0.25, 0.3) is 11.8 Å². The highest BCUT2D eigenvalue weighted by molar-refractivity contribution is 6.02. The molecule has 2 amide bonds. The number of carbonyl (C=O) groups is 3. The molecule has 7 heteroatoms. The minimum absolute atomic E-state index is 0.172. The summed E-state index contributed by atoms with van der Waals surface area (Å²) in [6.45, 7) is 5.37. The van der Waals surface area contributed by atoms with Gasteiger partial charge in [0.2, 0.25) is 0 Å². The van der Waals surface area contributed by atoms with Crippen LogP contribution in [0.5, 0.6) is 0 Å². The summed E-state index contributed by atoms with van der Waals surface area (Å²) in [6.07, 6.45) is 2.52. The molecular weight excluding hydrogens is 360 g/mol. The van der Waals surface area contributed by atoms with Gasteiger partial charge in [-0.25, -0.2) is 4.79 Å². The van der Waals surface area contributed by atoms with E-state index < -0.39 is 5.97 Å². The molecule has 7 nitrogen and oxygen atoms in total. The van der Waals surface area contributed by atoms with E-state index in [9.17, 15) is 14.4 Å². The molecule has 0 bridgehead atoms. The average molecular weight is 384 g/mol. The van der Waals surface area contributed by atoms with Crippen molar-refractivity contribution in [3.8, 4) is 0 Å². The van der Waals surface area contributed by atoms with E-state index in [1.54, 1.807) is 29.2 Å². The van der Waals surface area contributed by atoms with Gasteiger partial charge in [-0.3, -0.25) is 9.59 Å². The first-order valence-electron chi connectivity index (χ1n) is 9.32. The number of amides is 2. The maximum absolute atomic E-state index is 12.3. The molecule has 3 rings (SSSR count). The van der Waals surface area contributed by atoms with Crippen LogP contribution in [-0.2, 0) is 9.53 Å². The number of hydrogen-bond donors (Lipinski definition) is 1. The zero-order chi connectivity index (χ0) is 20.1. The Labute approximate surface area is 163 Å². The quantitative estimate of drug-likeness (QED) is 0.800. The molecule has 2 heterocycles. The lowest BCUT2D eigenvalue weighted by molar-refractivity contribution is -0.137. The van der Waals surface area contributed by atoms with Crippen LogP contribution in [0.1, 0.15) is 41.2 Å². The van der Waals surface area contributed by atoms with Crippen LogP contribution in [0.4, 0.5) is 5.69 Å². The normalized spacial score (nSPS) is 19.1. The molecule has 0 radical (unpaired) electrons. The Balaban J connectivity index is 1.50. The number of benzene rings is 1. The lowest BCUT2D eigenvalue weighted by Crippen LogP contribution is -2.44. The summed E-state index contributed by atoms with van der Waals surface area (Å²) in [4.78, 5) is 38.2. The van der Waals surface area contributed by atoms with Gasteiger partial charge in [-0.2, -0.15) is 0 Å². The molecule has 148 valence electrons. The van der Waals surface area contributed by atoms with Gasteiger partial charge in [0.15, 0.2) is 12.4 Å². The Bertz CT molecular complexity index is 819. The third-order valence-electron chi connectivity index (χ3n) is 4.67. The van der Waals surface area contributed by atoms with E-state index in [1.165, 1.54) is 18.4 Å². The van der Waals surface area contributed by atoms with Crippen LogP contribution in [-0.4, -0.2) is 42.4 Å². The van der Waals surface area contributed by atoms with E-state index in [4.69, 9.17) is 9.15 Å². The molecule has 1 N–H and O–H groups in total. The van der Waals surface area contributed by atoms with Crippen molar-refractivity contribution in [1.29, 1.82) is 0 Å². The molecule has 1 aliphatic rings. The Morgan fingerprint density at radius 3 is 2.39 bits per heavy atom. The summed E-state index contributed by atoms with van der Waals surface area (Å²) in [5.41, 5.74) is 0.828. The van der Waals surface area contributed by atoms with Crippen molar-refractivity contribution >= 4 is 23.5 Å². The third-order valence-corrected chi connectivity index (χ3v) is 4.67. The topological polar surface area (TPSA) is 88.9 Å². The number of piperidine rings is 1. The molecule has 1 aromatic heterocycles. The number of nitrogens with one attached hydrogen (secondary N) is 1. The Morgan fingerprint density at radius 1 is 1.11 bits per heavy atom. The third kappa shape index (κ3) is 5.00. The number of hydrogen-bond acceptors (Lipinski definition) is 5. The van der Waals surface area contributed by atoms with E-state index in [0.717, 1.165) is 6.42 Å². The van der Waals surface area contributed by atoms with Crippen LogP contribution in [0.15, 0.2) is 47.1 Å². The fraction of sp³-hybridized carbons (Fsp3) is 0.381. The van der Waals surface area contributed by atoms with Gasteiger partial charge in [0.05, 0.1) is 11.8 Å². The van der Waals surface area contributed by atoms with Crippen LogP contribution in [0.25, 0.3) is 0 Å². The van der Waals surface area contributed by atoms with Gasteiger partial charge >= 0.3 is 5.97 Å². The molecule has 2 atom stereocenters. The first-order valence-corrected chi connectivity index (χ1v) is 9.32. The van der Waals surface area contributed by atoms with Gasteiger partial charge in [-0.15, -0.1) is 0 Å². The summed E-state index contributed by atoms with van der Waals surface area (Å²) in [5.74, 6) is -0.0247. The number of esters is 1. The minimum Gasteiger partial charge on any atom is -0.459 e. The fourth-order valence-corrected chi connectivity index (χ4v) is 3.46. The predicted octanol–water partition coefficient (Wildman–Crippen LogP) is 3.19. The SMILES string of the molecule is C[C@H]1C[C@H](C)CN(C(=O)COC(=O)c2ccc(NC(=O)c3ccco3)cc2)C1. The molecule has 2 aromatic rings. The van der Waals surface area contributed by atoms with E-state index in [2.05, 4.69) is 19.2 Å². The molecule has 0 saturated carbocycles. The molecule has 1 aliphatic heterocycles. The van der Waals surface area contributed by atoms with E-state index in [-0.39, 0.29) is 24.2 Å². The molecule has 0 aliphatic carbocycles. The molecule has 1 saturated heterocycles.